The molecule has 29 heavy (non-hydrogen) atoms. The summed E-state index contributed by atoms with van der Waals surface area (Å²) in [6.45, 7) is 3.41. The molecule has 0 atom stereocenters. The van der Waals surface area contributed by atoms with Crippen molar-refractivity contribution in [2.45, 2.75) is 13.8 Å². The average molecular weight is 433 g/mol. The monoisotopic (exact) mass is 432 g/mol. The van der Waals surface area contributed by atoms with E-state index in [1.54, 1.807) is 0 Å². The second kappa shape index (κ2) is 9.97. The minimum absolute atomic E-state index is 0.106. The number of nitriles is 1. The Hall–Kier alpha value is -3.01. The number of esters is 1. The lowest BCUT2D eigenvalue weighted by atomic mass is 10.1. The van der Waals surface area contributed by atoms with Crippen LogP contribution in [0.2, 0.25) is 10.0 Å². The number of amides is 1. The molecule has 0 saturated heterocycles. The van der Waals surface area contributed by atoms with Crippen LogP contribution in [0.25, 0.3) is 6.08 Å². The summed E-state index contributed by atoms with van der Waals surface area (Å²) < 4.78 is 9.75. The normalized spacial score (nSPS) is 10.8. The van der Waals surface area contributed by atoms with Crippen LogP contribution >= 0.6 is 23.2 Å². The lowest BCUT2D eigenvalue weighted by Gasteiger charge is -2.11. The molecule has 2 aromatic rings. The maximum absolute atomic E-state index is 12.5. The van der Waals surface area contributed by atoms with E-state index >= 15 is 0 Å². The molecule has 0 aliphatic heterocycles. The van der Waals surface area contributed by atoms with Crippen LogP contribution in [0.4, 0.5) is 5.69 Å². The zero-order valence-electron chi connectivity index (χ0n) is 16.0. The molecule has 2 aromatic carbocycles. The second-order valence-electron chi connectivity index (χ2n) is 6.12. The number of carbonyl (C=O) groups is 2. The zero-order chi connectivity index (χ0) is 21.6. The Kier molecular flexibility index (Phi) is 7.66. The second-order valence-corrected chi connectivity index (χ2v) is 6.94. The fourth-order valence-electron chi connectivity index (χ4n) is 2.37. The van der Waals surface area contributed by atoms with Crippen molar-refractivity contribution < 1.29 is 19.1 Å². The fraction of sp³-hybridized carbons (Fsp3) is 0.190. The first-order valence-electron chi connectivity index (χ1n) is 8.44. The van der Waals surface area contributed by atoms with Crippen molar-refractivity contribution >= 4 is 46.8 Å². The number of aryl methyl sites for hydroxylation is 2. The van der Waals surface area contributed by atoms with Crippen LogP contribution in [0.15, 0.2) is 35.9 Å². The van der Waals surface area contributed by atoms with Gasteiger partial charge in [-0.05, 0) is 54.8 Å². The Labute approximate surface area is 178 Å². The molecular weight excluding hydrogens is 415 g/mol. The van der Waals surface area contributed by atoms with E-state index in [1.807, 2.05) is 38.1 Å². The van der Waals surface area contributed by atoms with Gasteiger partial charge in [-0.1, -0.05) is 35.3 Å². The van der Waals surface area contributed by atoms with Gasteiger partial charge in [-0.2, -0.15) is 5.26 Å². The molecule has 0 heterocycles. The Balaban J connectivity index is 2.26. The van der Waals surface area contributed by atoms with Crippen molar-refractivity contribution in [3.05, 3.63) is 62.6 Å². The molecule has 0 spiro atoms. The standard InChI is InChI=1S/C21H18Cl2N2O4/c1-12-4-5-13(2)18(6-12)25-21(27)15(10-24)7-14-8-16(22)20(17(23)9-14)29-11-19(26)28-3/h4-9H,11H2,1-3H3,(H,25,27)/b15-7+. The third kappa shape index (κ3) is 5.98. The van der Waals surface area contributed by atoms with Crippen LogP contribution in [0.5, 0.6) is 5.75 Å². The Morgan fingerprint density at radius 3 is 2.41 bits per heavy atom. The number of hydrogen-bond donors (Lipinski definition) is 1. The van der Waals surface area contributed by atoms with Crippen molar-refractivity contribution in [2.24, 2.45) is 0 Å². The van der Waals surface area contributed by atoms with Gasteiger partial charge in [0.1, 0.15) is 11.6 Å². The highest BCUT2D eigenvalue weighted by molar-refractivity contribution is 6.37. The number of carbonyl (C=O) groups excluding carboxylic acids is 2. The SMILES string of the molecule is COC(=O)COc1c(Cl)cc(/C=C(\C#N)C(=O)Nc2cc(C)ccc2C)cc1Cl. The van der Waals surface area contributed by atoms with E-state index in [0.29, 0.717) is 11.3 Å². The molecule has 0 aromatic heterocycles. The van der Waals surface area contributed by atoms with Crippen LogP contribution in [0, 0.1) is 25.2 Å². The summed E-state index contributed by atoms with van der Waals surface area (Å²) in [6.07, 6.45) is 1.36. The molecule has 0 aliphatic carbocycles. The van der Waals surface area contributed by atoms with Gasteiger partial charge in [-0.3, -0.25) is 4.79 Å². The third-order valence-corrected chi connectivity index (χ3v) is 4.46. The first-order valence-corrected chi connectivity index (χ1v) is 9.19. The highest BCUT2D eigenvalue weighted by atomic mass is 35.5. The van der Waals surface area contributed by atoms with Crippen molar-refractivity contribution in [2.75, 3.05) is 19.0 Å². The third-order valence-electron chi connectivity index (χ3n) is 3.90. The molecule has 0 bridgehead atoms. The number of ether oxygens (including phenoxy) is 2. The molecule has 0 radical (unpaired) electrons. The Morgan fingerprint density at radius 2 is 1.83 bits per heavy atom. The van der Waals surface area contributed by atoms with Crippen LogP contribution in [0.3, 0.4) is 0 Å². The maximum atomic E-state index is 12.5. The van der Waals surface area contributed by atoms with E-state index in [4.69, 9.17) is 27.9 Å². The van der Waals surface area contributed by atoms with Gasteiger partial charge in [0.2, 0.25) is 0 Å². The number of hydrogen-bond acceptors (Lipinski definition) is 5. The van der Waals surface area contributed by atoms with Crippen molar-refractivity contribution in [1.29, 1.82) is 5.26 Å². The topological polar surface area (TPSA) is 88.4 Å². The summed E-state index contributed by atoms with van der Waals surface area (Å²) in [7, 11) is 1.23. The number of benzene rings is 2. The summed E-state index contributed by atoms with van der Waals surface area (Å²) in [6, 6.07) is 10.5. The molecule has 0 aliphatic rings. The van der Waals surface area contributed by atoms with Crippen molar-refractivity contribution in [1.82, 2.24) is 0 Å². The van der Waals surface area contributed by atoms with E-state index in [9.17, 15) is 14.9 Å². The summed E-state index contributed by atoms with van der Waals surface area (Å²) in [4.78, 5) is 23.7. The van der Waals surface area contributed by atoms with Crippen LogP contribution in [-0.4, -0.2) is 25.6 Å². The van der Waals surface area contributed by atoms with Gasteiger partial charge >= 0.3 is 5.97 Å². The largest absolute Gasteiger partial charge is 0.479 e. The Morgan fingerprint density at radius 1 is 1.17 bits per heavy atom. The minimum Gasteiger partial charge on any atom is -0.479 e. The Bertz CT molecular complexity index is 1000. The van der Waals surface area contributed by atoms with E-state index < -0.39 is 11.9 Å². The number of nitrogens with one attached hydrogen (secondary N) is 1. The van der Waals surface area contributed by atoms with Gasteiger partial charge < -0.3 is 14.8 Å². The van der Waals surface area contributed by atoms with Crippen LogP contribution in [0.1, 0.15) is 16.7 Å². The molecule has 0 saturated carbocycles. The molecule has 0 unspecified atom stereocenters. The summed E-state index contributed by atoms with van der Waals surface area (Å²) in [5.74, 6) is -1.04. The van der Waals surface area contributed by atoms with Gasteiger partial charge in [-0.15, -0.1) is 0 Å². The maximum Gasteiger partial charge on any atom is 0.343 e. The molecule has 1 N–H and O–H groups in total. The number of nitrogens with zero attached hydrogens (tertiary/aromatic N) is 1. The number of rotatable bonds is 6. The van der Waals surface area contributed by atoms with Gasteiger partial charge in [0.15, 0.2) is 12.4 Å². The molecular formula is C21H18Cl2N2O4. The van der Waals surface area contributed by atoms with Gasteiger partial charge in [-0.25, -0.2) is 4.79 Å². The number of anilines is 1. The van der Waals surface area contributed by atoms with Crippen molar-refractivity contribution in [3.63, 3.8) is 0 Å². The highest BCUT2D eigenvalue weighted by Crippen LogP contribution is 2.35. The summed E-state index contributed by atoms with van der Waals surface area (Å²) >= 11 is 12.3. The first kappa shape index (κ1) is 22.3. The van der Waals surface area contributed by atoms with Crippen LogP contribution < -0.4 is 10.1 Å². The lowest BCUT2D eigenvalue weighted by molar-refractivity contribution is -0.142. The molecule has 2 rings (SSSR count). The summed E-state index contributed by atoms with van der Waals surface area (Å²) in [5.41, 5.74) is 2.78. The molecule has 0 fully saturated rings. The number of methoxy groups -OCH3 is 1. The molecule has 8 heteroatoms. The average Bonchev–Trinajstić information content (AvgIpc) is 2.67. The van der Waals surface area contributed by atoms with E-state index in [1.165, 1.54) is 25.3 Å². The molecule has 150 valence electrons. The van der Waals surface area contributed by atoms with Gasteiger partial charge in [0.05, 0.1) is 17.2 Å². The van der Waals surface area contributed by atoms with E-state index in [2.05, 4.69) is 10.1 Å². The summed E-state index contributed by atoms with van der Waals surface area (Å²) in [5, 5.41) is 12.4. The fourth-order valence-corrected chi connectivity index (χ4v) is 2.98. The predicted octanol–water partition coefficient (Wildman–Crippen LogP) is 4.71. The first-order chi connectivity index (χ1) is 13.7. The smallest absolute Gasteiger partial charge is 0.343 e. The van der Waals surface area contributed by atoms with E-state index in [0.717, 1.165) is 11.1 Å². The van der Waals surface area contributed by atoms with Crippen molar-refractivity contribution in [3.8, 4) is 11.8 Å². The predicted molar refractivity (Wildman–Crippen MR) is 112 cm³/mol. The minimum atomic E-state index is -0.587. The van der Waals surface area contributed by atoms with Gasteiger partial charge in [0.25, 0.3) is 5.91 Å². The van der Waals surface area contributed by atoms with Gasteiger partial charge in [0, 0.05) is 5.69 Å². The molecule has 1 amide bonds. The van der Waals surface area contributed by atoms with Crippen LogP contribution in [-0.2, 0) is 14.3 Å². The number of halogens is 2. The van der Waals surface area contributed by atoms with E-state index in [-0.39, 0.29) is 28.0 Å². The highest BCUT2D eigenvalue weighted by Gasteiger charge is 2.14. The molecule has 6 nitrogen and oxygen atoms in total. The quantitative estimate of drug-likeness (QED) is 0.405. The zero-order valence-corrected chi connectivity index (χ0v) is 17.5. The lowest BCUT2D eigenvalue weighted by Crippen LogP contribution is -2.14.